The smallest absolute Gasteiger partial charge is 0.416 e. The van der Waals surface area contributed by atoms with E-state index in [0.717, 1.165) is 12.1 Å². The van der Waals surface area contributed by atoms with Crippen LogP contribution in [0.1, 0.15) is 16.7 Å². The van der Waals surface area contributed by atoms with Crippen LogP contribution < -0.4 is 4.74 Å². The van der Waals surface area contributed by atoms with Crippen LogP contribution in [-0.4, -0.2) is 5.97 Å². The van der Waals surface area contributed by atoms with Crippen LogP contribution in [0.3, 0.4) is 0 Å². The first kappa shape index (κ1) is 15.6. The topological polar surface area (TPSA) is 50.1 Å². The number of alkyl halides is 3. The van der Waals surface area contributed by atoms with Gasteiger partial charge in [0.1, 0.15) is 5.75 Å². The molecule has 0 amide bonds. The first-order chi connectivity index (χ1) is 10.4. The van der Waals surface area contributed by atoms with Gasteiger partial charge in [0.05, 0.1) is 23.6 Å². The van der Waals surface area contributed by atoms with Gasteiger partial charge in [-0.1, -0.05) is 12.1 Å². The molecule has 0 spiro atoms. The number of carbonyl (C=O) groups is 1. The predicted octanol–water partition coefficient (Wildman–Crippen LogP) is 3.73. The maximum atomic E-state index is 12.4. The average Bonchev–Trinajstić information content (AvgIpc) is 2.47. The van der Waals surface area contributed by atoms with Crippen LogP contribution in [0.4, 0.5) is 13.2 Å². The van der Waals surface area contributed by atoms with Crippen molar-refractivity contribution >= 4 is 5.97 Å². The summed E-state index contributed by atoms with van der Waals surface area (Å²) in [6.45, 7) is 0. The van der Waals surface area contributed by atoms with E-state index in [1.165, 1.54) is 36.4 Å². The Morgan fingerprint density at radius 1 is 1.05 bits per heavy atom. The molecule has 0 bridgehead atoms. The minimum absolute atomic E-state index is 0.141. The van der Waals surface area contributed by atoms with Crippen molar-refractivity contribution in [2.24, 2.45) is 0 Å². The quantitative estimate of drug-likeness (QED) is 0.641. The van der Waals surface area contributed by atoms with E-state index >= 15 is 0 Å². The second-order valence-corrected chi connectivity index (χ2v) is 4.48. The fourth-order valence-electron chi connectivity index (χ4n) is 1.74. The Kier molecular flexibility index (Phi) is 4.47. The van der Waals surface area contributed by atoms with Gasteiger partial charge in [0, 0.05) is 0 Å². The van der Waals surface area contributed by atoms with Crippen molar-refractivity contribution in [3.8, 4) is 11.8 Å². The number of nitriles is 1. The maximum absolute atomic E-state index is 12.4. The van der Waals surface area contributed by atoms with Crippen LogP contribution in [0.15, 0.2) is 48.5 Å². The highest BCUT2D eigenvalue weighted by Crippen LogP contribution is 2.29. The summed E-state index contributed by atoms with van der Waals surface area (Å²) in [5.74, 6) is -0.319. The zero-order chi connectivity index (χ0) is 16.2. The molecular formula is C16H10F3NO2. The monoisotopic (exact) mass is 305 g/mol. The van der Waals surface area contributed by atoms with Crippen molar-refractivity contribution < 1.29 is 22.7 Å². The number of rotatable bonds is 3. The van der Waals surface area contributed by atoms with Gasteiger partial charge in [-0.05, 0) is 42.0 Å². The number of hydrogen-bond acceptors (Lipinski definition) is 3. The summed E-state index contributed by atoms with van der Waals surface area (Å²) in [6.07, 6.45) is -4.54. The van der Waals surface area contributed by atoms with E-state index in [2.05, 4.69) is 0 Å². The van der Waals surface area contributed by atoms with Crippen LogP contribution in [0.25, 0.3) is 0 Å². The molecule has 0 aromatic heterocycles. The van der Waals surface area contributed by atoms with Crippen molar-refractivity contribution in [1.29, 1.82) is 5.26 Å². The molecule has 0 saturated heterocycles. The lowest BCUT2D eigenvalue weighted by atomic mass is 10.1. The van der Waals surface area contributed by atoms with Gasteiger partial charge in [0.15, 0.2) is 0 Å². The molecule has 0 aliphatic rings. The van der Waals surface area contributed by atoms with E-state index in [4.69, 9.17) is 10.00 Å². The summed E-state index contributed by atoms with van der Waals surface area (Å²) in [5, 5.41) is 8.65. The highest BCUT2D eigenvalue weighted by atomic mass is 19.4. The van der Waals surface area contributed by atoms with Gasteiger partial charge in [0.25, 0.3) is 0 Å². The summed E-state index contributed by atoms with van der Waals surface area (Å²) in [5.41, 5.74) is 0.0888. The normalized spacial score (nSPS) is 10.8. The minimum Gasteiger partial charge on any atom is -0.426 e. The van der Waals surface area contributed by atoms with Gasteiger partial charge in [-0.2, -0.15) is 18.4 Å². The summed E-state index contributed by atoms with van der Waals surface area (Å²) in [6, 6.07) is 12.2. The molecule has 0 radical (unpaired) electrons. The number of benzene rings is 2. The van der Waals surface area contributed by atoms with Crippen molar-refractivity contribution in [1.82, 2.24) is 0 Å². The fourth-order valence-corrected chi connectivity index (χ4v) is 1.74. The van der Waals surface area contributed by atoms with Crippen molar-refractivity contribution in [2.45, 2.75) is 12.6 Å². The van der Waals surface area contributed by atoms with E-state index in [1.807, 2.05) is 6.07 Å². The van der Waals surface area contributed by atoms with E-state index in [9.17, 15) is 18.0 Å². The molecule has 0 atom stereocenters. The second-order valence-electron chi connectivity index (χ2n) is 4.48. The third-order valence-electron chi connectivity index (χ3n) is 2.84. The van der Waals surface area contributed by atoms with Gasteiger partial charge in [-0.15, -0.1) is 0 Å². The summed E-state index contributed by atoms with van der Waals surface area (Å²) >= 11 is 0. The van der Waals surface area contributed by atoms with Crippen LogP contribution in [0, 0.1) is 11.3 Å². The van der Waals surface area contributed by atoms with Crippen molar-refractivity contribution in [3.63, 3.8) is 0 Å². The number of carbonyl (C=O) groups excluding carboxylic acids is 1. The fraction of sp³-hybridized carbons (Fsp3) is 0.125. The molecule has 2 rings (SSSR count). The number of nitrogens with zero attached hydrogens (tertiary/aromatic N) is 1. The van der Waals surface area contributed by atoms with Crippen LogP contribution in [0.2, 0.25) is 0 Å². The second kappa shape index (κ2) is 6.31. The molecule has 0 aliphatic heterocycles. The molecule has 0 unspecified atom stereocenters. The van der Waals surface area contributed by atoms with Crippen LogP contribution in [0.5, 0.6) is 5.75 Å². The van der Waals surface area contributed by atoms with Crippen molar-refractivity contribution in [2.75, 3.05) is 0 Å². The third-order valence-corrected chi connectivity index (χ3v) is 2.84. The molecule has 3 nitrogen and oxygen atoms in total. The van der Waals surface area contributed by atoms with Gasteiger partial charge in [-0.25, -0.2) is 0 Å². The molecule has 0 N–H and O–H groups in total. The van der Waals surface area contributed by atoms with Crippen LogP contribution >= 0.6 is 0 Å². The molecular weight excluding hydrogens is 295 g/mol. The van der Waals surface area contributed by atoms with Gasteiger partial charge < -0.3 is 4.74 Å². The van der Waals surface area contributed by atoms with Gasteiger partial charge in [-0.3, -0.25) is 4.79 Å². The third kappa shape index (κ3) is 4.09. The number of ether oxygens (including phenoxy) is 1. The molecule has 0 saturated carbocycles. The van der Waals surface area contributed by atoms with Gasteiger partial charge in [0.2, 0.25) is 0 Å². The molecule has 112 valence electrons. The first-order valence-electron chi connectivity index (χ1n) is 6.25. The zero-order valence-corrected chi connectivity index (χ0v) is 11.2. The molecule has 2 aromatic carbocycles. The zero-order valence-electron chi connectivity index (χ0n) is 11.2. The highest BCUT2D eigenvalue weighted by molar-refractivity contribution is 5.75. The van der Waals surface area contributed by atoms with E-state index < -0.39 is 17.7 Å². The number of hydrogen-bond donors (Lipinski definition) is 0. The molecule has 6 heteroatoms. The first-order valence-corrected chi connectivity index (χ1v) is 6.25. The Labute approximate surface area is 124 Å². The lowest BCUT2D eigenvalue weighted by Gasteiger charge is -2.08. The highest BCUT2D eigenvalue weighted by Gasteiger charge is 2.29. The number of esters is 1. The summed E-state index contributed by atoms with van der Waals surface area (Å²) in [4.78, 5) is 11.7. The van der Waals surface area contributed by atoms with E-state index in [1.54, 1.807) is 0 Å². The lowest BCUT2D eigenvalue weighted by molar-refractivity contribution is -0.137. The largest absolute Gasteiger partial charge is 0.426 e. The summed E-state index contributed by atoms with van der Waals surface area (Å²) in [7, 11) is 0. The lowest BCUT2D eigenvalue weighted by Crippen LogP contribution is -2.11. The molecule has 0 fully saturated rings. The molecule has 0 aliphatic carbocycles. The SMILES string of the molecule is N#Cc1ccc(OC(=O)Cc2ccc(C(F)(F)F)cc2)cc1. The van der Waals surface area contributed by atoms with Crippen molar-refractivity contribution in [3.05, 3.63) is 65.2 Å². The predicted molar refractivity (Wildman–Crippen MR) is 71.9 cm³/mol. The average molecular weight is 305 g/mol. The Balaban J connectivity index is 1.98. The van der Waals surface area contributed by atoms with Crippen LogP contribution in [-0.2, 0) is 17.4 Å². The molecule has 0 heterocycles. The maximum Gasteiger partial charge on any atom is 0.416 e. The minimum atomic E-state index is -4.40. The Hall–Kier alpha value is -2.81. The Bertz CT molecular complexity index is 698. The Morgan fingerprint density at radius 3 is 2.14 bits per heavy atom. The number of halogens is 3. The standard InChI is InChI=1S/C16H10F3NO2/c17-16(18,19)13-5-1-11(2-6-13)9-15(21)22-14-7-3-12(10-20)4-8-14/h1-8H,9H2. The Morgan fingerprint density at radius 2 is 1.64 bits per heavy atom. The molecule has 22 heavy (non-hydrogen) atoms. The van der Waals surface area contributed by atoms with E-state index in [-0.39, 0.29) is 12.2 Å². The van der Waals surface area contributed by atoms with E-state index in [0.29, 0.717) is 11.1 Å². The van der Waals surface area contributed by atoms with Gasteiger partial charge >= 0.3 is 12.1 Å². The summed E-state index contributed by atoms with van der Waals surface area (Å²) < 4.78 is 42.3. The molecule has 2 aromatic rings.